The Labute approximate surface area is 101 Å². The zero-order valence-electron chi connectivity index (χ0n) is 10.5. The average molecular weight is 241 g/mol. The number of aliphatic hydroxyl groups excluding tert-OH is 1. The molecule has 0 aliphatic rings. The van der Waals surface area contributed by atoms with Crippen LogP contribution in [0.3, 0.4) is 0 Å². The van der Waals surface area contributed by atoms with Gasteiger partial charge in [0.1, 0.15) is 11.6 Å². The van der Waals surface area contributed by atoms with Crippen LogP contribution < -0.4 is 10.5 Å². The van der Waals surface area contributed by atoms with Gasteiger partial charge in [0, 0.05) is 5.56 Å². The molecule has 1 unspecified atom stereocenters. The van der Waals surface area contributed by atoms with Crippen molar-refractivity contribution in [1.29, 1.82) is 0 Å². The minimum atomic E-state index is -0.786. The number of hydrogen-bond donors (Lipinski definition) is 2. The second-order valence-electron chi connectivity index (χ2n) is 4.26. The molecule has 0 radical (unpaired) electrons. The number of aliphatic hydroxyl groups is 1. The normalized spacial score (nSPS) is 16.4. The van der Waals surface area contributed by atoms with Crippen LogP contribution >= 0.6 is 0 Å². The fraction of sp³-hybridized carbons (Fsp3) is 0.538. The molecule has 0 bridgehead atoms. The molecule has 0 aromatic heterocycles. The van der Waals surface area contributed by atoms with Crippen molar-refractivity contribution in [3.05, 3.63) is 29.6 Å². The Kier molecular flexibility index (Phi) is 4.90. The van der Waals surface area contributed by atoms with Gasteiger partial charge in [-0.25, -0.2) is 4.39 Å². The molecule has 0 aliphatic heterocycles. The summed E-state index contributed by atoms with van der Waals surface area (Å²) >= 11 is 0. The van der Waals surface area contributed by atoms with Crippen LogP contribution in [0.5, 0.6) is 5.75 Å². The summed E-state index contributed by atoms with van der Waals surface area (Å²) in [5.41, 5.74) is 6.16. The highest BCUT2D eigenvalue weighted by atomic mass is 19.1. The van der Waals surface area contributed by atoms with Crippen molar-refractivity contribution in [2.24, 2.45) is 11.7 Å². The first-order valence-electron chi connectivity index (χ1n) is 5.78. The van der Waals surface area contributed by atoms with Gasteiger partial charge in [0.2, 0.25) is 0 Å². The maximum atomic E-state index is 13.7. The topological polar surface area (TPSA) is 55.5 Å². The molecule has 0 amide bonds. The molecular formula is C13H20FNO2. The number of benzene rings is 1. The molecular weight excluding hydrogens is 221 g/mol. The molecule has 1 rings (SSSR count). The van der Waals surface area contributed by atoms with E-state index in [-0.39, 0.29) is 11.5 Å². The lowest BCUT2D eigenvalue weighted by Crippen LogP contribution is -2.32. The zero-order chi connectivity index (χ0) is 13.0. The smallest absolute Gasteiger partial charge is 0.131 e. The van der Waals surface area contributed by atoms with Crippen LogP contribution in [0.4, 0.5) is 4.39 Å². The van der Waals surface area contributed by atoms with E-state index in [4.69, 9.17) is 10.5 Å². The van der Waals surface area contributed by atoms with Gasteiger partial charge >= 0.3 is 0 Å². The van der Waals surface area contributed by atoms with E-state index in [1.807, 2.05) is 13.8 Å². The second-order valence-corrected chi connectivity index (χ2v) is 4.26. The third kappa shape index (κ3) is 2.96. The van der Waals surface area contributed by atoms with E-state index >= 15 is 0 Å². The third-order valence-corrected chi connectivity index (χ3v) is 3.16. The monoisotopic (exact) mass is 241 g/mol. The molecule has 1 aromatic carbocycles. The fourth-order valence-electron chi connectivity index (χ4n) is 1.78. The van der Waals surface area contributed by atoms with Gasteiger partial charge in [-0.3, -0.25) is 0 Å². The first kappa shape index (κ1) is 13.9. The first-order chi connectivity index (χ1) is 8.02. The van der Waals surface area contributed by atoms with Crippen molar-refractivity contribution >= 4 is 0 Å². The van der Waals surface area contributed by atoms with Crippen LogP contribution in [0.25, 0.3) is 0 Å². The molecule has 3 N–H and O–H groups in total. The highest BCUT2D eigenvalue weighted by Gasteiger charge is 2.26. The lowest BCUT2D eigenvalue weighted by atomic mass is 9.91. The van der Waals surface area contributed by atoms with Crippen molar-refractivity contribution in [3.8, 4) is 5.75 Å². The van der Waals surface area contributed by atoms with Crippen LogP contribution in [-0.2, 0) is 0 Å². The molecule has 4 heteroatoms. The molecule has 0 saturated heterocycles. The Morgan fingerprint density at radius 2 is 2.12 bits per heavy atom. The van der Waals surface area contributed by atoms with Gasteiger partial charge in [0.05, 0.1) is 19.3 Å². The first-order valence-corrected chi connectivity index (χ1v) is 5.78. The summed E-state index contributed by atoms with van der Waals surface area (Å²) in [5, 5.41) is 10.0. The highest BCUT2D eigenvalue weighted by molar-refractivity contribution is 5.37. The predicted molar refractivity (Wildman–Crippen MR) is 65.3 cm³/mol. The van der Waals surface area contributed by atoms with Crippen LogP contribution in [0, 0.1) is 11.7 Å². The van der Waals surface area contributed by atoms with E-state index < -0.39 is 18.0 Å². The number of ether oxygens (including phenoxy) is 1. The second kappa shape index (κ2) is 5.98. The highest BCUT2D eigenvalue weighted by Crippen LogP contribution is 2.31. The Morgan fingerprint density at radius 1 is 1.47 bits per heavy atom. The maximum absolute atomic E-state index is 13.7. The molecule has 0 heterocycles. The van der Waals surface area contributed by atoms with Crippen molar-refractivity contribution in [3.63, 3.8) is 0 Å². The van der Waals surface area contributed by atoms with Crippen molar-refractivity contribution in [1.82, 2.24) is 0 Å². The van der Waals surface area contributed by atoms with Gasteiger partial charge in [0.25, 0.3) is 0 Å². The molecule has 17 heavy (non-hydrogen) atoms. The largest absolute Gasteiger partial charge is 0.496 e. The van der Waals surface area contributed by atoms with E-state index in [0.29, 0.717) is 5.75 Å². The molecule has 0 saturated carbocycles. The Morgan fingerprint density at radius 3 is 2.65 bits per heavy atom. The summed E-state index contributed by atoms with van der Waals surface area (Å²) in [7, 11) is 1.46. The van der Waals surface area contributed by atoms with Crippen LogP contribution in [-0.4, -0.2) is 18.3 Å². The van der Waals surface area contributed by atoms with Crippen molar-refractivity contribution in [2.45, 2.75) is 32.4 Å². The lowest BCUT2D eigenvalue weighted by molar-refractivity contribution is 0.0857. The van der Waals surface area contributed by atoms with Crippen molar-refractivity contribution < 1.29 is 14.2 Å². The number of nitrogens with two attached hydrogens (primary N) is 1. The Hall–Kier alpha value is -1.13. The van der Waals surface area contributed by atoms with Crippen LogP contribution in [0.1, 0.15) is 31.9 Å². The van der Waals surface area contributed by atoms with E-state index in [1.54, 1.807) is 12.1 Å². The molecule has 0 aliphatic carbocycles. The predicted octanol–water partition coefficient (Wildman–Crippen LogP) is 2.24. The Bertz CT molecular complexity index is 370. The van der Waals surface area contributed by atoms with Gasteiger partial charge < -0.3 is 15.6 Å². The van der Waals surface area contributed by atoms with E-state index in [0.717, 1.165) is 6.42 Å². The van der Waals surface area contributed by atoms with Crippen LogP contribution in [0.15, 0.2) is 18.2 Å². The number of hydrogen-bond acceptors (Lipinski definition) is 3. The summed E-state index contributed by atoms with van der Waals surface area (Å²) in [6.07, 6.45) is -0.00293. The van der Waals surface area contributed by atoms with E-state index in [9.17, 15) is 9.50 Å². The lowest BCUT2D eigenvalue weighted by Gasteiger charge is -2.25. The number of methoxy groups -OCH3 is 1. The van der Waals surface area contributed by atoms with Gasteiger partial charge in [-0.05, 0) is 18.1 Å². The van der Waals surface area contributed by atoms with Crippen LogP contribution in [0.2, 0.25) is 0 Å². The van der Waals surface area contributed by atoms with Gasteiger partial charge in [0.15, 0.2) is 0 Å². The summed E-state index contributed by atoms with van der Waals surface area (Å²) in [6, 6.07) is 3.74. The quantitative estimate of drug-likeness (QED) is 0.831. The molecule has 3 nitrogen and oxygen atoms in total. The number of halogens is 1. The molecule has 0 spiro atoms. The molecule has 96 valence electrons. The zero-order valence-corrected chi connectivity index (χ0v) is 10.5. The molecule has 1 aromatic rings. The van der Waals surface area contributed by atoms with Gasteiger partial charge in [-0.1, -0.05) is 26.3 Å². The fourth-order valence-corrected chi connectivity index (χ4v) is 1.78. The minimum Gasteiger partial charge on any atom is -0.496 e. The molecule has 0 fully saturated rings. The summed E-state index contributed by atoms with van der Waals surface area (Å²) < 4.78 is 18.8. The summed E-state index contributed by atoms with van der Waals surface area (Å²) in [6.45, 7) is 3.84. The van der Waals surface area contributed by atoms with Gasteiger partial charge in [-0.2, -0.15) is 0 Å². The maximum Gasteiger partial charge on any atom is 0.131 e. The van der Waals surface area contributed by atoms with Gasteiger partial charge in [-0.15, -0.1) is 0 Å². The summed E-state index contributed by atoms with van der Waals surface area (Å²) in [5.74, 6) is -0.0617. The average Bonchev–Trinajstić information content (AvgIpc) is 2.35. The van der Waals surface area contributed by atoms with E-state index in [1.165, 1.54) is 13.2 Å². The van der Waals surface area contributed by atoms with Crippen molar-refractivity contribution in [2.75, 3.05) is 7.11 Å². The number of rotatable bonds is 5. The SMILES string of the molecule is CCC(C)[C@H](O)[C@H](N)c1c(F)cccc1OC. The third-order valence-electron chi connectivity index (χ3n) is 3.16. The summed E-state index contributed by atoms with van der Waals surface area (Å²) in [4.78, 5) is 0. The Balaban J connectivity index is 3.06. The minimum absolute atomic E-state index is 0.00862. The molecule has 3 atom stereocenters. The standard InChI is InChI=1S/C13H20FNO2/c1-4-8(2)13(16)12(15)11-9(14)6-5-7-10(11)17-3/h5-8,12-13,16H,4,15H2,1-3H3/t8?,12-,13+/m1/s1. The van der Waals surface area contributed by atoms with E-state index in [2.05, 4.69) is 0 Å².